The molecule has 4 rings (SSSR count). The average Bonchev–Trinajstić information content (AvgIpc) is 3.04. The van der Waals surface area contributed by atoms with Gasteiger partial charge in [-0.2, -0.15) is 13.2 Å². The molecular formula is C24H33F3N2O3. The normalized spacial score (nSPS) is 41.2. The molecule has 32 heavy (non-hydrogen) atoms. The van der Waals surface area contributed by atoms with Crippen molar-refractivity contribution in [3.63, 3.8) is 0 Å². The number of carbonyl (C=O) groups excluding carboxylic acids is 3. The van der Waals surface area contributed by atoms with Crippen LogP contribution >= 0.6 is 0 Å². The van der Waals surface area contributed by atoms with Gasteiger partial charge in [0.2, 0.25) is 11.8 Å². The summed E-state index contributed by atoms with van der Waals surface area (Å²) in [5.74, 6) is -1.69. The molecule has 0 saturated heterocycles. The molecule has 1 aliphatic heterocycles. The maximum atomic E-state index is 13.2. The first-order chi connectivity index (χ1) is 14.7. The summed E-state index contributed by atoms with van der Waals surface area (Å²) in [4.78, 5) is 36.8. The monoisotopic (exact) mass is 454 g/mol. The first-order valence-corrected chi connectivity index (χ1v) is 11.6. The van der Waals surface area contributed by atoms with E-state index in [4.69, 9.17) is 0 Å². The zero-order valence-electron chi connectivity index (χ0n) is 19.1. The van der Waals surface area contributed by atoms with Crippen molar-refractivity contribution in [2.45, 2.75) is 84.0 Å². The van der Waals surface area contributed by atoms with E-state index in [1.54, 1.807) is 6.08 Å². The van der Waals surface area contributed by atoms with Crippen LogP contribution in [0.2, 0.25) is 0 Å². The number of halogens is 3. The summed E-state index contributed by atoms with van der Waals surface area (Å²) in [6.45, 7) is 6.57. The largest absolute Gasteiger partial charge is 0.452 e. The van der Waals surface area contributed by atoms with Crippen molar-refractivity contribution in [1.82, 2.24) is 10.6 Å². The first kappa shape index (κ1) is 23.3. The van der Waals surface area contributed by atoms with E-state index >= 15 is 0 Å². The van der Waals surface area contributed by atoms with Gasteiger partial charge in [-0.05, 0) is 81.6 Å². The second-order valence-electron chi connectivity index (χ2n) is 11.3. The fraction of sp³-hybridized carbons (Fsp3) is 0.792. The molecule has 3 aliphatic carbocycles. The molecule has 4 aliphatic rings. The van der Waals surface area contributed by atoms with Gasteiger partial charge in [0.25, 0.3) is 5.78 Å². The summed E-state index contributed by atoms with van der Waals surface area (Å²) in [6, 6.07) is 0.125. The Morgan fingerprint density at radius 3 is 2.41 bits per heavy atom. The van der Waals surface area contributed by atoms with Gasteiger partial charge in [0, 0.05) is 17.4 Å². The molecular weight excluding hydrogens is 421 g/mol. The van der Waals surface area contributed by atoms with E-state index in [0.717, 1.165) is 46.0 Å². The highest BCUT2D eigenvalue weighted by molar-refractivity contribution is 5.96. The third-order valence-electron chi connectivity index (χ3n) is 9.26. The number of nitrogens with one attached hydrogen (secondary N) is 2. The van der Waals surface area contributed by atoms with Crippen LogP contribution in [0.4, 0.5) is 13.2 Å². The second-order valence-corrected chi connectivity index (χ2v) is 11.3. The quantitative estimate of drug-likeness (QED) is 0.679. The van der Waals surface area contributed by atoms with Crippen LogP contribution in [0, 0.1) is 34.5 Å². The van der Waals surface area contributed by atoms with Crippen LogP contribution in [0.5, 0.6) is 0 Å². The summed E-state index contributed by atoms with van der Waals surface area (Å²) < 4.78 is 38.9. The molecule has 0 aromatic carbocycles. The number of fused-ring (bicyclic) bond motifs is 5. The zero-order chi connectivity index (χ0) is 23.7. The van der Waals surface area contributed by atoms with Gasteiger partial charge >= 0.3 is 6.18 Å². The minimum absolute atomic E-state index is 0.0415. The molecule has 2 amide bonds. The summed E-state index contributed by atoms with van der Waals surface area (Å²) in [5.41, 5.74) is -2.40. The number of hydrogen-bond acceptors (Lipinski definition) is 3. The third kappa shape index (κ3) is 3.48. The van der Waals surface area contributed by atoms with Gasteiger partial charge in [-0.15, -0.1) is 0 Å². The third-order valence-corrected chi connectivity index (χ3v) is 9.26. The van der Waals surface area contributed by atoms with Crippen molar-refractivity contribution >= 4 is 17.6 Å². The minimum Gasteiger partial charge on any atom is -0.349 e. The molecule has 0 aromatic heterocycles. The molecule has 7 atom stereocenters. The van der Waals surface area contributed by atoms with Gasteiger partial charge in [0.1, 0.15) is 5.54 Å². The van der Waals surface area contributed by atoms with E-state index in [2.05, 4.69) is 30.6 Å². The first-order valence-electron chi connectivity index (χ1n) is 11.6. The number of amides is 2. The van der Waals surface area contributed by atoms with Gasteiger partial charge in [-0.25, -0.2) is 0 Å². The van der Waals surface area contributed by atoms with Gasteiger partial charge in [0.05, 0.1) is 0 Å². The lowest BCUT2D eigenvalue weighted by Gasteiger charge is -2.58. The predicted molar refractivity (Wildman–Crippen MR) is 112 cm³/mol. The van der Waals surface area contributed by atoms with Crippen LogP contribution in [0.25, 0.3) is 0 Å². The smallest absolute Gasteiger partial charge is 0.349 e. The second kappa shape index (κ2) is 7.32. The Kier molecular flexibility index (Phi) is 5.33. The van der Waals surface area contributed by atoms with E-state index in [0.29, 0.717) is 24.2 Å². The van der Waals surface area contributed by atoms with E-state index in [-0.39, 0.29) is 22.8 Å². The van der Waals surface area contributed by atoms with Crippen molar-refractivity contribution < 1.29 is 27.6 Å². The lowest BCUT2D eigenvalue weighted by Crippen LogP contribution is -2.60. The summed E-state index contributed by atoms with van der Waals surface area (Å²) >= 11 is 0. The van der Waals surface area contributed by atoms with Crippen molar-refractivity contribution in [2.24, 2.45) is 34.5 Å². The van der Waals surface area contributed by atoms with Crippen LogP contribution in [0.15, 0.2) is 12.2 Å². The Morgan fingerprint density at radius 1 is 1.06 bits per heavy atom. The Bertz CT molecular complexity index is 867. The predicted octanol–water partition coefficient (Wildman–Crippen LogP) is 3.93. The van der Waals surface area contributed by atoms with Gasteiger partial charge in [0.15, 0.2) is 0 Å². The number of Topliss-reactive ketones (excluding diaryl/α,β-unsaturated/α-hetero) is 1. The molecule has 2 N–H and O–H groups in total. The SMILES string of the molecule is CC(C)(NC(=O)[C@H]1CC[C@H]2[C@@H]3CC[C@H]4NC(=O)C=C[C@]4(C)[C@H]3CC[C@]12C)C(=O)C(F)(F)F. The van der Waals surface area contributed by atoms with Gasteiger partial charge in [-0.1, -0.05) is 19.9 Å². The number of hydrogen-bond donors (Lipinski definition) is 2. The van der Waals surface area contributed by atoms with Gasteiger partial charge < -0.3 is 10.6 Å². The Hall–Kier alpha value is -1.86. The topological polar surface area (TPSA) is 75.3 Å². The average molecular weight is 455 g/mol. The highest BCUT2D eigenvalue weighted by Gasteiger charge is 2.61. The van der Waals surface area contributed by atoms with Crippen molar-refractivity contribution in [2.75, 3.05) is 0 Å². The lowest BCUT2D eigenvalue weighted by atomic mass is 9.48. The molecule has 1 heterocycles. The molecule has 0 radical (unpaired) electrons. The van der Waals surface area contributed by atoms with Crippen LogP contribution in [-0.2, 0) is 14.4 Å². The standard InChI is InChI=1S/C24H33F3N2O3/c1-21(2,20(32)24(25,26)27)29-19(31)16-7-6-14-13-5-8-17-23(4,12-10-18(30)28-17)15(13)9-11-22(14,16)3/h10,12-17H,5-9,11H2,1-4H3,(H,28,30)(H,29,31)/t13-,14-,15-,16+,17+,22-,23+/m0/s1. The molecule has 3 fully saturated rings. The molecule has 0 spiro atoms. The Labute approximate surface area is 187 Å². The maximum Gasteiger partial charge on any atom is 0.452 e. The molecule has 0 aromatic rings. The number of rotatable bonds is 3. The van der Waals surface area contributed by atoms with Gasteiger partial charge in [-0.3, -0.25) is 14.4 Å². The van der Waals surface area contributed by atoms with Crippen molar-refractivity contribution in [1.29, 1.82) is 0 Å². The van der Waals surface area contributed by atoms with Crippen LogP contribution in [0.1, 0.15) is 66.2 Å². The molecule has 3 saturated carbocycles. The molecule has 5 nitrogen and oxygen atoms in total. The molecule has 0 unspecified atom stereocenters. The molecule has 8 heteroatoms. The molecule has 0 bridgehead atoms. The number of alkyl halides is 3. The Morgan fingerprint density at radius 2 is 1.75 bits per heavy atom. The van der Waals surface area contributed by atoms with E-state index < -0.39 is 29.3 Å². The van der Waals surface area contributed by atoms with Crippen molar-refractivity contribution in [3.8, 4) is 0 Å². The lowest BCUT2D eigenvalue weighted by molar-refractivity contribution is -0.178. The number of carbonyl (C=O) groups is 3. The van der Waals surface area contributed by atoms with Crippen LogP contribution in [0.3, 0.4) is 0 Å². The maximum absolute atomic E-state index is 13.2. The van der Waals surface area contributed by atoms with E-state index in [9.17, 15) is 27.6 Å². The highest BCUT2D eigenvalue weighted by atomic mass is 19.4. The zero-order valence-corrected chi connectivity index (χ0v) is 19.1. The minimum atomic E-state index is -4.99. The highest BCUT2D eigenvalue weighted by Crippen LogP contribution is 2.65. The fourth-order valence-electron chi connectivity index (χ4n) is 7.57. The summed E-state index contributed by atoms with van der Waals surface area (Å²) in [6.07, 6.45) is 3.80. The summed E-state index contributed by atoms with van der Waals surface area (Å²) in [7, 11) is 0. The summed E-state index contributed by atoms with van der Waals surface area (Å²) in [5, 5.41) is 5.55. The van der Waals surface area contributed by atoms with Crippen LogP contribution < -0.4 is 10.6 Å². The number of ketones is 1. The Balaban J connectivity index is 1.53. The molecule has 178 valence electrons. The van der Waals surface area contributed by atoms with Crippen LogP contribution in [-0.4, -0.2) is 35.4 Å². The van der Waals surface area contributed by atoms with E-state index in [1.165, 1.54) is 0 Å². The fourth-order valence-corrected chi connectivity index (χ4v) is 7.57. The van der Waals surface area contributed by atoms with Crippen molar-refractivity contribution in [3.05, 3.63) is 12.2 Å². The van der Waals surface area contributed by atoms with E-state index in [1.807, 2.05) is 0 Å².